The average molecular weight is 289 g/mol. The van der Waals surface area contributed by atoms with Gasteiger partial charge < -0.3 is 19.6 Å². The molecule has 0 saturated heterocycles. The zero-order valence-electron chi connectivity index (χ0n) is 11.9. The van der Waals surface area contributed by atoms with Crippen molar-refractivity contribution in [2.24, 2.45) is 0 Å². The van der Waals surface area contributed by atoms with Crippen LogP contribution in [-0.4, -0.2) is 24.2 Å². The van der Waals surface area contributed by atoms with Gasteiger partial charge in [0.05, 0.1) is 19.4 Å². The van der Waals surface area contributed by atoms with Crippen LogP contribution in [0, 0.1) is 0 Å². The molecule has 0 aliphatic carbocycles. The number of carbonyl (C=O) groups is 1. The molecule has 21 heavy (non-hydrogen) atoms. The number of hydrogen-bond donors (Lipinski definition) is 2. The molecule has 0 saturated carbocycles. The van der Waals surface area contributed by atoms with Crippen molar-refractivity contribution in [1.82, 2.24) is 5.32 Å². The molecule has 1 heterocycles. The Balaban J connectivity index is 1.91. The molecule has 112 valence electrons. The van der Waals surface area contributed by atoms with Crippen molar-refractivity contribution in [3.63, 3.8) is 0 Å². The summed E-state index contributed by atoms with van der Waals surface area (Å²) >= 11 is 0. The third-order valence-corrected chi connectivity index (χ3v) is 2.90. The molecule has 0 spiro atoms. The van der Waals surface area contributed by atoms with Gasteiger partial charge >= 0.3 is 0 Å². The van der Waals surface area contributed by atoms with E-state index in [1.165, 1.54) is 6.26 Å². The van der Waals surface area contributed by atoms with E-state index in [9.17, 15) is 9.90 Å². The van der Waals surface area contributed by atoms with Gasteiger partial charge in [0.25, 0.3) is 5.91 Å². The fourth-order valence-electron chi connectivity index (χ4n) is 1.82. The minimum atomic E-state index is -0.858. The summed E-state index contributed by atoms with van der Waals surface area (Å²) in [6, 6.07) is 10.3. The van der Waals surface area contributed by atoms with Gasteiger partial charge in [-0.1, -0.05) is 13.0 Å². The quantitative estimate of drug-likeness (QED) is 0.821. The second kappa shape index (κ2) is 7.50. The number of nitrogens with one attached hydrogen (secondary N) is 1. The molecular formula is C16H19NO4. The number of furan rings is 1. The van der Waals surface area contributed by atoms with Gasteiger partial charge in [-0.2, -0.15) is 0 Å². The average Bonchev–Trinajstić information content (AvgIpc) is 3.05. The van der Waals surface area contributed by atoms with E-state index in [4.69, 9.17) is 9.15 Å². The Bertz CT molecular complexity index is 565. The fourth-order valence-corrected chi connectivity index (χ4v) is 1.82. The monoisotopic (exact) mass is 289 g/mol. The SMILES string of the molecule is CCCOc1cccc(C(=O)NCC(O)c2ccco2)c1. The summed E-state index contributed by atoms with van der Waals surface area (Å²) in [5.74, 6) is 0.828. The first-order chi connectivity index (χ1) is 10.2. The van der Waals surface area contributed by atoms with E-state index >= 15 is 0 Å². The fraction of sp³-hybridized carbons (Fsp3) is 0.312. The molecule has 0 fully saturated rings. The van der Waals surface area contributed by atoms with E-state index in [1.807, 2.05) is 13.0 Å². The van der Waals surface area contributed by atoms with E-state index in [1.54, 1.807) is 30.3 Å². The van der Waals surface area contributed by atoms with Gasteiger partial charge in [0.1, 0.15) is 17.6 Å². The molecule has 5 nitrogen and oxygen atoms in total. The highest BCUT2D eigenvalue weighted by molar-refractivity contribution is 5.94. The van der Waals surface area contributed by atoms with Gasteiger partial charge in [-0.05, 0) is 36.8 Å². The second-order valence-corrected chi connectivity index (χ2v) is 4.62. The van der Waals surface area contributed by atoms with Crippen LogP contribution in [0.4, 0.5) is 0 Å². The van der Waals surface area contributed by atoms with Crippen molar-refractivity contribution in [3.8, 4) is 5.75 Å². The Hall–Kier alpha value is -2.27. The number of hydrogen-bond acceptors (Lipinski definition) is 4. The third kappa shape index (κ3) is 4.36. The van der Waals surface area contributed by atoms with Gasteiger partial charge in [0, 0.05) is 5.56 Å². The molecule has 0 aliphatic heterocycles. The molecular weight excluding hydrogens is 270 g/mol. The third-order valence-electron chi connectivity index (χ3n) is 2.90. The summed E-state index contributed by atoms with van der Waals surface area (Å²) in [5, 5.41) is 12.5. The number of rotatable bonds is 7. The van der Waals surface area contributed by atoms with Gasteiger partial charge in [-0.15, -0.1) is 0 Å². The lowest BCUT2D eigenvalue weighted by Gasteiger charge is -2.10. The summed E-state index contributed by atoms with van der Waals surface area (Å²) in [5.41, 5.74) is 0.496. The first-order valence-electron chi connectivity index (χ1n) is 6.93. The minimum absolute atomic E-state index is 0.0897. The normalized spacial score (nSPS) is 11.9. The molecule has 5 heteroatoms. The molecule has 2 aromatic rings. The zero-order valence-corrected chi connectivity index (χ0v) is 11.9. The van der Waals surface area contributed by atoms with E-state index in [0.29, 0.717) is 23.7 Å². The van der Waals surface area contributed by atoms with Crippen LogP contribution in [0.3, 0.4) is 0 Å². The van der Waals surface area contributed by atoms with E-state index < -0.39 is 6.10 Å². The number of amides is 1. The van der Waals surface area contributed by atoms with Crippen molar-refractivity contribution in [2.45, 2.75) is 19.4 Å². The highest BCUT2D eigenvalue weighted by atomic mass is 16.5. The number of ether oxygens (including phenoxy) is 1. The van der Waals surface area contributed by atoms with E-state index in [0.717, 1.165) is 6.42 Å². The molecule has 1 amide bonds. The molecule has 0 aliphatic rings. The van der Waals surface area contributed by atoms with Crippen molar-refractivity contribution in [2.75, 3.05) is 13.2 Å². The van der Waals surface area contributed by atoms with Crippen LogP contribution in [0.1, 0.15) is 35.6 Å². The highest BCUT2D eigenvalue weighted by Gasteiger charge is 2.13. The molecule has 1 unspecified atom stereocenters. The molecule has 1 atom stereocenters. The van der Waals surface area contributed by atoms with Crippen molar-refractivity contribution >= 4 is 5.91 Å². The summed E-state index contributed by atoms with van der Waals surface area (Å²) < 4.78 is 10.6. The van der Waals surface area contributed by atoms with Crippen molar-refractivity contribution < 1.29 is 19.1 Å². The van der Waals surface area contributed by atoms with Gasteiger partial charge in [0.15, 0.2) is 0 Å². The smallest absolute Gasteiger partial charge is 0.251 e. The summed E-state index contributed by atoms with van der Waals surface area (Å²) in [6.07, 6.45) is 1.53. The predicted octanol–water partition coefficient (Wildman–Crippen LogP) is 2.53. The molecule has 1 aromatic heterocycles. The maximum Gasteiger partial charge on any atom is 0.251 e. The maximum absolute atomic E-state index is 12.0. The van der Waals surface area contributed by atoms with Crippen LogP contribution in [0.5, 0.6) is 5.75 Å². The zero-order chi connectivity index (χ0) is 15.1. The number of aliphatic hydroxyl groups is 1. The van der Waals surface area contributed by atoms with Crippen molar-refractivity contribution in [3.05, 3.63) is 54.0 Å². The molecule has 0 bridgehead atoms. The van der Waals surface area contributed by atoms with Crippen molar-refractivity contribution in [1.29, 1.82) is 0 Å². The molecule has 1 aromatic carbocycles. The van der Waals surface area contributed by atoms with Crippen LogP contribution in [0.25, 0.3) is 0 Å². The van der Waals surface area contributed by atoms with Gasteiger partial charge in [0.2, 0.25) is 0 Å². The van der Waals surface area contributed by atoms with Crippen LogP contribution >= 0.6 is 0 Å². The predicted molar refractivity (Wildman–Crippen MR) is 78.2 cm³/mol. The topological polar surface area (TPSA) is 71.7 Å². The molecule has 2 rings (SSSR count). The van der Waals surface area contributed by atoms with Crippen LogP contribution in [-0.2, 0) is 0 Å². The Morgan fingerprint density at radius 3 is 2.95 bits per heavy atom. The first kappa shape index (κ1) is 15.1. The Morgan fingerprint density at radius 1 is 1.38 bits per heavy atom. The maximum atomic E-state index is 12.0. The number of benzene rings is 1. The van der Waals surface area contributed by atoms with E-state index in [2.05, 4.69) is 5.32 Å². The van der Waals surface area contributed by atoms with Gasteiger partial charge in [-0.3, -0.25) is 4.79 Å². The lowest BCUT2D eigenvalue weighted by molar-refractivity contribution is 0.0900. The Labute approximate surface area is 123 Å². The van der Waals surface area contributed by atoms with Crippen LogP contribution < -0.4 is 10.1 Å². The standard InChI is InChI=1S/C16H19NO4/c1-2-8-20-13-6-3-5-12(10-13)16(19)17-11-14(18)15-7-4-9-21-15/h3-7,9-10,14,18H,2,8,11H2,1H3,(H,17,19). The van der Waals surface area contributed by atoms with Crippen LogP contribution in [0.15, 0.2) is 47.1 Å². The molecule has 2 N–H and O–H groups in total. The number of aliphatic hydroxyl groups excluding tert-OH is 1. The minimum Gasteiger partial charge on any atom is -0.494 e. The lowest BCUT2D eigenvalue weighted by atomic mass is 10.2. The van der Waals surface area contributed by atoms with Crippen LogP contribution in [0.2, 0.25) is 0 Å². The second-order valence-electron chi connectivity index (χ2n) is 4.62. The molecule has 0 radical (unpaired) electrons. The summed E-state index contributed by atoms with van der Waals surface area (Å²) in [7, 11) is 0. The Morgan fingerprint density at radius 2 is 2.24 bits per heavy atom. The first-order valence-corrected chi connectivity index (χ1v) is 6.93. The Kier molecular flexibility index (Phi) is 5.40. The van der Waals surface area contributed by atoms with Gasteiger partial charge in [-0.25, -0.2) is 0 Å². The number of carbonyl (C=O) groups excluding carboxylic acids is 1. The highest BCUT2D eigenvalue weighted by Crippen LogP contribution is 2.15. The largest absolute Gasteiger partial charge is 0.494 e. The summed E-state index contributed by atoms with van der Waals surface area (Å²) in [4.78, 5) is 12.0. The summed E-state index contributed by atoms with van der Waals surface area (Å²) in [6.45, 7) is 2.72. The van der Waals surface area contributed by atoms with E-state index in [-0.39, 0.29) is 12.5 Å². The lowest BCUT2D eigenvalue weighted by Crippen LogP contribution is -2.28.